The summed E-state index contributed by atoms with van der Waals surface area (Å²) >= 11 is 17.6. The molecular weight excluding hydrogens is 415 g/mol. The Labute approximate surface area is 170 Å². The van der Waals surface area contributed by atoms with Gasteiger partial charge in [-0.05, 0) is 30.3 Å². The van der Waals surface area contributed by atoms with Crippen LogP contribution in [-0.4, -0.2) is 24.3 Å². The molecule has 142 valence electrons. The average molecular weight is 430 g/mol. The van der Waals surface area contributed by atoms with Gasteiger partial charge in [0.1, 0.15) is 5.84 Å². The number of halogens is 3. The zero-order chi connectivity index (χ0) is 19.8. The number of nitrogens with zero attached hydrogens (tertiary/aromatic N) is 1. The fourth-order valence-electron chi connectivity index (χ4n) is 1.90. The number of carbonyl (C=O) groups excluding carboxylic acids is 2. The molecule has 0 aliphatic carbocycles. The lowest BCUT2D eigenvalue weighted by Gasteiger charge is -2.07. The van der Waals surface area contributed by atoms with Crippen LogP contribution in [0.4, 0.5) is 11.4 Å². The van der Waals surface area contributed by atoms with Crippen LogP contribution in [0.1, 0.15) is 6.42 Å². The summed E-state index contributed by atoms with van der Waals surface area (Å²) < 4.78 is 0. The van der Waals surface area contributed by atoms with E-state index in [4.69, 9.17) is 45.4 Å². The number of rotatable bonds is 7. The van der Waals surface area contributed by atoms with Crippen LogP contribution in [-0.2, 0) is 14.4 Å². The van der Waals surface area contributed by atoms with Gasteiger partial charge in [0, 0.05) is 5.69 Å². The second-order valence-electron chi connectivity index (χ2n) is 5.24. The van der Waals surface area contributed by atoms with E-state index < -0.39 is 18.4 Å². The van der Waals surface area contributed by atoms with Crippen LogP contribution in [0.15, 0.2) is 47.6 Å². The van der Waals surface area contributed by atoms with Crippen molar-refractivity contribution < 1.29 is 14.4 Å². The van der Waals surface area contributed by atoms with Crippen molar-refractivity contribution in [3.63, 3.8) is 0 Å². The summed E-state index contributed by atoms with van der Waals surface area (Å²) in [7, 11) is 0. The fourth-order valence-corrected chi connectivity index (χ4v) is 2.38. The Kier molecular flexibility index (Phi) is 7.72. The molecule has 4 N–H and O–H groups in total. The largest absolute Gasteiger partial charge is 0.384 e. The number of amidine groups is 1. The first-order chi connectivity index (χ1) is 12.8. The highest BCUT2D eigenvalue weighted by atomic mass is 35.5. The van der Waals surface area contributed by atoms with Crippen LogP contribution in [0, 0.1) is 0 Å². The van der Waals surface area contributed by atoms with Crippen molar-refractivity contribution in [3.05, 3.63) is 57.5 Å². The molecule has 0 saturated heterocycles. The first-order valence-electron chi connectivity index (χ1n) is 7.58. The maximum absolute atomic E-state index is 11.9. The van der Waals surface area contributed by atoms with E-state index in [9.17, 15) is 9.59 Å². The highest BCUT2D eigenvalue weighted by Gasteiger charge is 2.09. The predicted octanol–water partition coefficient (Wildman–Crippen LogP) is 3.90. The summed E-state index contributed by atoms with van der Waals surface area (Å²) in [6.45, 7) is -0.396. The zero-order valence-electron chi connectivity index (χ0n) is 13.8. The Bertz CT molecular complexity index is 874. The van der Waals surface area contributed by atoms with Crippen molar-refractivity contribution in [3.8, 4) is 0 Å². The topological polar surface area (TPSA) is 106 Å². The minimum atomic E-state index is -0.481. The van der Waals surface area contributed by atoms with Gasteiger partial charge in [-0.3, -0.25) is 9.59 Å². The van der Waals surface area contributed by atoms with Gasteiger partial charge >= 0.3 is 0 Å². The third-order valence-corrected chi connectivity index (χ3v) is 4.14. The standard InChI is InChI=1S/C17H15Cl3N4O3/c18-11-6-5-10(7-13(11)20)22-17(26)9-27-24-15(21)8-16(25)23-14-4-2-1-3-12(14)19/h1-7H,8-9H2,(H2,21,24)(H,22,26)(H,23,25). The average Bonchev–Trinajstić information content (AvgIpc) is 2.60. The van der Waals surface area contributed by atoms with Gasteiger partial charge in [0.2, 0.25) is 5.91 Å². The molecule has 0 aromatic heterocycles. The van der Waals surface area contributed by atoms with Gasteiger partial charge in [0.25, 0.3) is 5.91 Å². The Morgan fingerprint density at radius 3 is 2.41 bits per heavy atom. The Morgan fingerprint density at radius 1 is 0.963 bits per heavy atom. The van der Waals surface area contributed by atoms with Crippen LogP contribution in [0.3, 0.4) is 0 Å². The van der Waals surface area contributed by atoms with Crippen molar-refractivity contribution in [2.24, 2.45) is 10.9 Å². The molecule has 27 heavy (non-hydrogen) atoms. The van der Waals surface area contributed by atoms with Gasteiger partial charge in [0.05, 0.1) is 27.2 Å². The maximum atomic E-state index is 11.9. The molecule has 10 heteroatoms. The molecule has 0 fully saturated rings. The van der Waals surface area contributed by atoms with E-state index >= 15 is 0 Å². The SMILES string of the molecule is N/C(CC(=O)Nc1ccccc1Cl)=N/OCC(=O)Nc1ccc(Cl)c(Cl)c1. The maximum Gasteiger partial charge on any atom is 0.265 e. The highest BCUT2D eigenvalue weighted by molar-refractivity contribution is 6.42. The lowest BCUT2D eigenvalue weighted by atomic mass is 10.3. The van der Waals surface area contributed by atoms with Gasteiger partial charge in [0.15, 0.2) is 6.61 Å². The summed E-state index contributed by atoms with van der Waals surface area (Å²) in [6, 6.07) is 11.4. The minimum Gasteiger partial charge on any atom is -0.384 e. The number of anilines is 2. The number of hydrogen-bond acceptors (Lipinski definition) is 4. The third kappa shape index (κ3) is 6.97. The van der Waals surface area contributed by atoms with E-state index in [1.54, 1.807) is 36.4 Å². The lowest BCUT2D eigenvalue weighted by Crippen LogP contribution is -2.23. The predicted molar refractivity (Wildman–Crippen MR) is 107 cm³/mol. The molecule has 0 aliphatic rings. The summed E-state index contributed by atoms with van der Waals surface area (Å²) in [6.07, 6.45) is -0.223. The molecule has 2 amide bonds. The smallest absolute Gasteiger partial charge is 0.265 e. The molecular formula is C17H15Cl3N4O3. The first kappa shape index (κ1) is 20.8. The fraction of sp³-hybridized carbons (Fsp3) is 0.118. The van der Waals surface area contributed by atoms with Crippen LogP contribution >= 0.6 is 34.8 Å². The molecule has 0 unspecified atom stereocenters. The lowest BCUT2D eigenvalue weighted by molar-refractivity contribution is -0.120. The third-order valence-electron chi connectivity index (χ3n) is 3.07. The number of amides is 2. The number of nitrogens with one attached hydrogen (secondary N) is 2. The molecule has 0 spiro atoms. The molecule has 0 aliphatic heterocycles. The summed E-state index contributed by atoms with van der Waals surface area (Å²) in [5.41, 5.74) is 6.52. The van der Waals surface area contributed by atoms with Crippen LogP contribution in [0.2, 0.25) is 15.1 Å². The molecule has 0 heterocycles. The molecule has 2 aromatic rings. The number of para-hydroxylation sites is 1. The van der Waals surface area contributed by atoms with E-state index in [-0.39, 0.29) is 12.3 Å². The summed E-state index contributed by atoms with van der Waals surface area (Å²) in [4.78, 5) is 28.5. The second-order valence-corrected chi connectivity index (χ2v) is 6.46. The van der Waals surface area contributed by atoms with E-state index in [0.717, 1.165) is 0 Å². The summed E-state index contributed by atoms with van der Waals surface area (Å²) in [5.74, 6) is -0.999. The van der Waals surface area contributed by atoms with Gasteiger partial charge in [-0.15, -0.1) is 0 Å². The quantitative estimate of drug-likeness (QED) is 0.352. The Morgan fingerprint density at radius 2 is 1.70 bits per heavy atom. The summed E-state index contributed by atoms with van der Waals surface area (Å²) in [5, 5.41) is 9.76. The number of nitrogens with two attached hydrogens (primary N) is 1. The second kappa shape index (κ2) is 10.0. The highest BCUT2D eigenvalue weighted by Crippen LogP contribution is 2.25. The molecule has 0 radical (unpaired) electrons. The normalized spacial score (nSPS) is 11.0. The zero-order valence-corrected chi connectivity index (χ0v) is 16.1. The van der Waals surface area contributed by atoms with Crippen LogP contribution in [0.25, 0.3) is 0 Å². The number of carbonyl (C=O) groups is 2. The van der Waals surface area contributed by atoms with Gasteiger partial charge in [-0.25, -0.2) is 0 Å². The van der Waals surface area contributed by atoms with E-state index in [1.807, 2.05) is 0 Å². The van der Waals surface area contributed by atoms with Crippen molar-refractivity contribution in [1.82, 2.24) is 0 Å². The molecule has 7 nitrogen and oxygen atoms in total. The first-order valence-corrected chi connectivity index (χ1v) is 8.72. The van der Waals surface area contributed by atoms with E-state index in [2.05, 4.69) is 15.8 Å². The molecule has 0 atom stereocenters. The van der Waals surface area contributed by atoms with Crippen LogP contribution in [0.5, 0.6) is 0 Å². The number of benzene rings is 2. The van der Waals surface area contributed by atoms with Crippen molar-refractivity contribution in [1.29, 1.82) is 0 Å². The Balaban J connectivity index is 1.77. The number of hydrogen-bond donors (Lipinski definition) is 3. The van der Waals surface area contributed by atoms with E-state index in [1.165, 1.54) is 6.07 Å². The van der Waals surface area contributed by atoms with Crippen LogP contribution < -0.4 is 16.4 Å². The molecule has 2 aromatic carbocycles. The minimum absolute atomic E-state index is 0.0955. The molecule has 2 rings (SSSR count). The number of oxime groups is 1. The Hall–Kier alpha value is -2.48. The van der Waals surface area contributed by atoms with Gasteiger partial charge < -0.3 is 21.2 Å². The van der Waals surface area contributed by atoms with Crippen molar-refractivity contribution in [2.75, 3.05) is 17.2 Å². The van der Waals surface area contributed by atoms with Gasteiger partial charge in [-0.1, -0.05) is 52.1 Å². The van der Waals surface area contributed by atoms with Gasteiger partial charge in [-0.2, -0.15) is 0 Å². The van der Waals surface area contributed by atoms with Crippen molar-refractivity contribution in [2.45, 2.75) is 6.42 Å². The van der Waals surface area contributed by atoms with E-state index in [0.29, 0.717) is 26.4 Å². The monoisotopic (exact) mass is 428 g/mol. The molecule has 0 bridgehead atoms. The molecule has 0 saturated carbocycles. The van der Waals surface area contributed by atoms with Crippen molar-refractivity contribution >= 4 is 63.8 Å².